The average molecular weight is 363 g/mol. The molecule has 1 N–H and O–H groups in total. The Morgan fingerprint density at radius 3 is 2.64 bits per heavy atom. The van der Waals surface area contributed by atoms with Gasteiger partial charge in [0, 0.05) is 17.3 Å². The summed E-state index contributed by atoms with van der Waals surface area (Å²) in [6.07, 6.45) is -0.172. The van der Waals surface area contributed by atoms with Gasteiger partial charge in [0.1, 0.15) is 0 Å². The van der Waals surface area contributed by atoms with Gasteiger partial charge in [-0.3, -0.25) is 14.9 Å². The van der Waals surface area contributed by atoms with E-state index in [1.54, 1.807) is 13.0 Å². The number of rotatable bonds is 6. The first-order chi connectivity index (χ1) is 11.9. The van der Waals surface area contributed by atoms with Gasteiger partial charge >= 0.3 is 5.97 Å². The SMILES string of the molecule is CCOC(=O)c1cc(NC(=O)Cc2ccccc2[N+](=O)[O-])ccc1Cl. The highest BCUT2D eigenvalue weighted by molar-refractivity contribution is 6.33. The number of hydrogen-bond acceptors (Lipinski definition) is 5. The number of esters is 1. The highest BCUT2D eigenvalue weighted by Gasteiger charge is 2.17. The lowest BCUT2D eigenvalue weighted by atomic mass is 10.1. The summed E-state index contributed by atoms with van der Waals surface area (Å²) < 4.78 is 4.90. The van der Waals surface area contributed by atoms with E-state index in [9.17, 15) is 19.7 Å². The summed E-state index contributed by atoms with van der Waals surface area (Å²) >= 11 is 5.96. The first-order valence-electron chi connectivity index (χ1n) is 7.41. The van der Waals surface area contributed by atoms with Gasteiger partial charge < -0.3 is 10.1 Å². The lowest BCUT2D eigenvalue weighted by Crippen LogP contribution is -2.16. The number of carbonyl (C=O) groups excluding carboxylic acids is 2. The smallest absolute Gasteiger partial charge is 0.339 e. The molecule has 0 radical (unpaired) electrons. The Balaban J connectivity index is 2.15. The summed E-state index contributed by atoms with van der Waals surface area (Å²) in [7, 11) is 0. The van der Waals surface area contributed by atoms with Crippen LogP contribution in [0.2, 0.25) is 5.02 Å². The largest absolute Gasteiger partial charge is 0.462 e. The molecule has 0 unspecified atom stereocenters. The van der Waals surface area contributed by atoms with Crippen LogP contribution in [0.15, 0.2) is 42.5 Å². The highest BCUT2D eigenvalue weighted by Crippen LogP contribution is 2.23. The molecule has 0 saturated heterocycles. The predicted octanol–water partition coefficient (Wildman–Crippen LogP) is 3.61. The zero-order valence-corrected chi connectivity index (χ0v) is 14.1. The number of benzene rings is 2. The molecule has 1 amide bonds. The number of carbonyl (C=O) groups is 2. The van der Waals surface area contributed by atoms with Gasteiger partial charge in [-0.2, -0.15) is 0 Å². The normalized spacial score (nSPS) is 10.2. The molecule has 8 heteroatoms. The van der Waals surface area contributed by atoms with Gasteiger partial charge in [-0.1, -0.05) is 29.8 Å². The van der Waals surface area contributed by atoms with E-state index in [2.05, 4.69) is 5.32 Å². The topological polar surface area (TPSA) is 98.5 Å². The molecule has 0 aliphatic rings. The quantitative estimate of drug-likeness (QED) is 0.481. The van der Waals surface area contributed by atoms with Crippen LogP contribution in [0.3, 0.4) is 0 Å². The van der Waals surface area contributed by atoms with Crippen molar-refractivity contribution in [3.05, 3.63) is 68.7 Å². The van der Waals surface area contributed by atoms with E-state index in [-0.39, 0.29) is 29.3 Å². The van der Waals surface area contributed by atoms with E-state index in [0.29, 0.717) is 11.3 Å². The number of nitrogens with zero attached hydrogens (tertiary/aromatic N) is 1. The second kappa shape index (κ2) is 8.25. The fourth-order valence-corrected chi connectivity index (χ4v) is 2.38. The van der Waals surface area contributed by atoms with E-state index in [0.717, 1.165) is 0 Å². The minimum Gasteiger partial charge on any atom is -0.462 e. The molecule has 0 bridgehead atoms. The van der Waals surface area contributed by atoms with E-state index in [1.807, 2.05) is 0 Å². The lowest BCUT2D eigenvalue weighted by Gasteiger charge is -2.09. The number of para-hydroxylation sites is 1. The van der Waals surface area contributed by atoms with Gasteiger partial charge in [0.05, 0.1) is 28.5 Å². The van der Waals surface area contributed by atoms with Crippen LogP contribution >= 0.6 is 11.6 Å². The monoisotopic (exact) mass is 362 g/mol. The number of nitro groups is 1. The van der Waals surface area contributed by atoms with E-state index in [4.69, 9.17) is 16.3 Å². The molecule has 0 fully saturated rings. The second-order valence-corrected chi connectivity index (χ2v) is 5.43. The number of halogens is 1. The van der Waals surface area contributed by atoms with Crippen molar-refractivity contribution in [2.75, 3.05) is 11.9 Å². The maximum Gasteiger partial charge on any atom is 0.339 e. The molecule has 0 heterocycles. The fraction of sp³-hybridized carbons (Fsp3) is 0.176. The molecule has 2 aromatic rings. The Kier molecular flexibility index (Phi) is 6.08. The van der Waals surface area contributed by atoms with Crippen molar-refractivity contribution in [2.45, 2.75) is 13.3 Å². The maximum atomic E-state index is 12.2. The summed E-state index contributed by atoms with van der Waals surface area (Å²) in [5.41, 5.74) is 0.647. The molecule has 2 rings (SSSR count). The highest BCUT2D eigenvalue weighted by atomic mass is 35.5. The standard InChI is InChI=1S/C17H15ClN2O5/c1-2-25-17(22)13-10-12(7-8-14(13)18)19-16(21)9-11-5-3-4-6-15(11)20(23)24/h3-8,10H,2,9H2,1H3,(H,19,21). The number of nitro benzene ring substituents is 1. The molecule has 0 aromatic heterocycles. The molecule has 130 valence electrons. The van der Waals surface area contributed by atoms with Crippen LogP contribution in [-0.2, 0) is 16.0 Å². The van der Waals surface area contributed by atoms with Crippen molar-refractivity contribution < 1.29 is 19.2 Å². The van der Waals surface area contributed by atoms with Gasteiger partial charge in [-0.05, 0) is 25.1 Å². The average Bonchev–Trinajstić information content (AvgIpc) is 2.57. The Morgan fingerprint density at radius 1 is 1.24 bits per heavy atom. The molecule has 0 spiro atoms. The summed E-state index contributed by atoms with van der Waals surface area (Å²) in [5.74, 6) is -1.05. The van der Waals surface area contributed by atoms with E-state index >= 15 is 0 Å². The molecular weight excluding hydrogens is 348 g/mol. The third-order valence-electron chi connectivity index (χ3n) is 3.28. The van der Waals surface area contributed by atoms with Crippen molar-refractivity contribution >= 4 is 34.9 Å². The third-order valence-corrected chi connectivity index (χ3v) is 3.61. The number of nitrogens with one attached hydrogen (secondary N) is 1. The maximum absolute atomic E-state index is 12.2. The summed E-state index contributed by atoms with van der Waals surface area (Å²) in [4.78, 5) is 34.4. The van der Waals surface area contributed by atoms with Gasteiger partial charge in [0.25, 0.3) is 5.69 Å². The van der Waals surface area contributed by atoms with Crippen LogP contribution in [0.5, 0.6) is 0 Å². The van der Waals surface area contributed by atoms with Crippen LogP contribution in [-0.4, -0.2) is 23.4 Å². The predicted molar refractivity (Wildman–Crippen MR) is 92.8 cm³/mol. The van der Waals surface area contributed by atoms with Crippen LogP contribution in [0.1, 0.15) is 22.8 Å². The molecule has 7 nitrogen and oxygen atoms in total. The molecule has 2 aromatic carbocycles. The first-order valence-corrected chi connectivity index (χ1v) is 7.79. The third kappa shape index (κ3) is 4.77. The van der Waals surface area contributed by atoms with Gasteiger partial charge in [-0.25, -0.2) is 4.79 Å². The summed E-state index contributed by atoms with van der Waals surface area (Å²) in [6.45, 7) is 1.87. The molecule has 0 saturated carbocycles. The first kappa shape index (κ1) is 18.4. The van der Waals surface area contributed by atoms with Crippen molar-refractivity contribution in [2.24, 2.45) is 0 Å². The van der Waals surface area contributed by atoms with Crippen molar-refractivity contribution in [3.63, 3.8) is 0 Å². The molecule has 0 atom stereocenters. The number of amides is 1. The van der Waals surface area contributed by atoms with Gasteiger partial charge in [-0.15, -0.1) is 0 Å². The van der Waals surface area contributed by atoms with Crippen LogP contribution in [0, 0.1) is 10.1 Å². The Morgan fingerprint density at radius 2 is 1.96 bits per heavy atom. The molecule has 0 aliphatic carbocycles. The number of ether oxygens (including phenoxy) is 1. The van der Waals surface area contributed by atoms with Crippen molar-refractivity contribution in [3.8, 4) is 0 Å². The molecular formula is C17H15ClN2O5. The number of hydrogen-bond donors (Lipinski definition) is 1. The van der Waals surface area contributed by atoms with Gasteiger partial charge in [0.2, 0.25) is 5.91 Å². The van der Waals surface area contributed by atoms with Crippen LogP contribution in [0.25, 0.3) is 0 Å². The van der Waals surface area contributed by atoms with Gasteiger partial charge in [0.15, 0.2) is 0 Å². The zero-order chi connectivity index (χ0) is 18.4. The van der Waals surface area contributed by atoms with Crippen LogP contribution in [0.4, 0.5) is 11.4 Å². The fourth-order valence-electron chi connectivity index (χ4n) is 2.18. The Hall–Kier alpha value is -2.93. The van der Waals surface area contributed by atoms with E-state index < -0.39 is 16.8 Å². The summed E-state index contributed by atoms with van der Waals surface area (Å²) in [5, 5.41) is 13.8. The van der Waals surface area contributed by atoms with Crippen molar-refractivity contribution in [1.29, 1.82) is 0 Å². The summed E-state index contributed by atoms with van der Waals surface area (Å²) in [6, 6.07) is 10.4. The Bertz CT molecular complexity index is 822. The minimum absolute atomic E-state index is 0.124. The molecule has 0 aliphatic heterocycles. The zero-order valence-electron chi connectivity index (χ0n) is 13.3. The minimum atomic E-state index is -0.595. The van der Waals surface area contributed by atoms with E-state index in [1.165, 1.54) is 36.4 Å². The van der Waals surface area contributed by atoms with Crippen molar-refractivity contribution in [1.82, 2.24) is 0 Å². The lowest BCUT2D eigenvalue weighted by molar-refractivity contribution is -0.385. The molecule has 25 heavy (non-hydrogen) atoms. The van der Waals surface area contributed by atoms with Crippen LogP contribution < -0.4 is 5.32 Å². The second-order valence-electron chi connectivity index (χ2n) is 5.03. The Labute approximate surface area is 148 Å². The number of anilines is 1.